The number of amides is 1. The van der Waals surface area contributed by atoms with Crippen molar-refractivity contribution in [1.29, 1.82) is 0 Å². The van der Waals surface area contributed by atoms with E-state index in [1.54, 1.807) is 11.1 Å². The highest BCUT2D eigenvalue weighted by molar-refractivity contribution is 5.94. The van der Waals surface area contributed by atoms with Crippen molar-refractivity contribution in [2.24, 2.45) is 5.41 Å². The Labute approximate surface area is 156 Å². The van der Waals surface area contributed by atoms with Crippen molar-refractivity contribution in [2.45, 2.75) is 26.2 Å². The van der Waals surface area contributed by atoms with E-state index in [-0.39, 0.29) is 23.1 Å². The molecule has 1 fully saturated rings. The first-order valence-corrected chi connectivity index (χ1v) is 8.93. The summed E-state index contributed by atoms with van der Waals surface area (Å²) in [6.07, 6.45) is 2.64. The van der Waals surface area contributed by atoms with Crippen molar-refractivity contribution in [3.8, 4) is 11.5 Å². The number of halogens is 1. The summed E-state index contributed by atoms with van der Waals surface area (Å²) in [5, 5.41) is 4.06. The van der Waals surface area contributed by atoms with E-state index in [9.17, 15) is 9.18 Å². The second-order valence-corrected chi connectivity index (χ2v) is 7.80. The minimum Gasteiger partial charge on any atom is -0.359 e. The normalized spacial score (nSPS) is 19.2. The van der Waals surface area contributed by atoms with Gasteiger partial charge in [0, 0.05) is 24.8 Å². The van der Waals surface area contributed by atoms with Crippen LogP contribution < -0.4 is 0 Å². The van der Waals surface area contributed by atoms with Crippen molar-refractivity contribution in [3.05, 3.63) is 59.9 Å². The summed E-state index contributed by atoms with van der Waals surface area (Å²) in [6, 6.07) is 9.40. The molecule has 3 heterocycles. The Kier molecular flexibility index (Phi) is 4.30. The highest BCUT2D eigenvalue weighted by Crippen LogP contribution is 2.38. The first-order chi connectivity index (χ1) is 12.9. The van der Waals surface area contributed by atoms with Crippen LogP contribution in [0.15, 0.2) is 47.1 Å². The van der Waals surface area contributed by atoms with Gasteiger partial charge in [-0.15, -0.1) is 0 Å². The Morgan fingerprint density at radius 3 is 2.78 bits per heavy atom. The maximum absolute atomic E-state index is 13.2. The molecule has 1 N–H and O–H groups in total. The molecular formula is C20H21FN4O2. The Hall–Kier alpha value is -2.96. The molecule has 0 saturated carbocycles. The maximum Gasteiger partial charge on any atom is 0.253 e. The number of carbonyl (C=O) groups is 1. The van der Waals surface area contributed by atoms with E-state index in [2.05, 4.69) is 29.0 Å². The second-order valence-electron chi connectivity index (χ2n) is 7.80. The monoisotopic (exact) mass is 368 g/mol. The molecule has 1 aliphatic rings. The van der Waals surface area contributed by atoms with Crippen LogP contribution in [0.1, 0.15) is 42.4 Å². The molecule has 0 bridgehead atoms. The molecular weight excluding hydrogens is 347 g/mol. The molecule has 1 unspecified atom stereocenters. The van der Waals surface area contributed by atoms with Gasteiger partial charge in [0.15, 0.2) is 0 Å². The van der Waals surface area contributed by atoms with E-state index < -0.39 is 0 Å². The number of rotatable bonds is 3. The molecule has 1 saturated heterocycles. The molecule has 4 rings (SSSR count). The van der Waals surface area contributed by atoms with Gasteiger partial charge in [0.05, 0.1) is 11.6 Å². The van der Waals surface area contributed by atoms with E-state index in [0.717, 1.165) is 12.1 Å². The fourth-order valence-corrected chi connectivity index (χ4v) is 3.72. The van der Waals surface area contributed by atoms with Crippen LogP contribution in [0.25, 0.3) is 11.5 Å². The number of H-pyrrole nitrogens is 1. The molecule has 140 valence electrons. The molecule has 0 radical (unpaired) electrons. The maximum atomic E-state index is 13.2. The number of hydrogen-bond acceptors (Lipinski definition) is 4. The number of hydrogen-bond donors (Lipinski definition) is 1. The summed E-state index contributed by atoms with van der Waals surface area (Å²) < 4.78 is 18.7. The smallest absolute Gasteiger partial charge is 0.253 e. The highest BCUT2D eigenvalue weighted by atomic mass is 19.1. The summed E-state index contributed by atoms with van der Waals surface area (Å²) in [5.74, 6) is 0.524. The summed E-state index contributed by atoms with van der Waals surface area (Å²) in [5.41, 5.74) is 1.17. The Morgan fingerprint density at radius 2 is 2.07 bits per heavy atom. The summed E-state index contributed by atoms with van der Waals surface area (Å²) in [6.45, 7) is 5.35. The van der Waals surface area contributed by atoms with Gasteiger partial charge in [-0.05, 0) is 48.2 Å². The van der Waals surface area contributed by atoms with Crippen LogP contribution in [0.5, 0.6) is 0 Å². The molecule has 7 heteroatoms. The van der Waals surface area contributed by atoms with Gasteiger partial charge in [-0.25, -0.2) is 4.39 Å². The van der Waals surface area contributed by atoms with Crippen LogP contribution in [0.4, 0.5) is 4.39 Å². The van der Waals surface area contributed by atoms with Gasteiger partial charge in [-0.1, -0.05) is 19.0 Å². The number of benzene rings is 1. The molecule has 6 nitrogen and oxygen atoms in total. The van der Waals surface area contributed by atoms with Gasteiger partial charge in [-0.3, -0.25) is 4.79 Å². The number of carbonyl (C=O) groups excluding carboxylic acids is 1. The Balaban J connectivity index is 1.57. The Bertz CT molecular complexity index is 931. The van der Waals surface area contributed by atoms with Crippen molar-refractivity contribution in [2.75, 3.05) is 13.1 Å². The largest absolute Gasteiger partial charge is 0.359 e. The first-order valence-electron chi connectivity index (χ1n) is 8.93. The van der Waals surface area contributed by atoms with Gasteiger partial charge in [-0.2, -0.15) is 4.98 Å². The zero-order chi connectivity index (χ0) is 19.0. The fraction of sp³-hybridized carbons (Fsp3) is 0.350. The predicted octanol–water partition coefficient (Wildman–Crippen LogP) is 3.86. The van der Waals surface area contributed by atoms with Gasteiger partial charge in [0.2, 0.25) is 11.7 Å². The average molecular weight is 368 g/mol. The highest BCUT2D eigenvalue weighted by Gasteiger charge is 2.38. The topological polar surface area (TPSA) is 75.0 Å². The van der Waals surface area contributed by atoms with Crippen LogP contribution in [-0.2, 0) is 0 Å². The van der Waals surface area contributed by atoms with Crippen LogP contribution in [0, 0.1) is 11.2 Å². The molecule has 3 aromatic rings. The number of aromatic amines is 1. The van der Waals surface area contributed by atoms with Gasteiger partial charge < -0.3 is 14.4 Å². The lowest BCUT2D eigenvalue weighted by atomic mass is 9.78. The molecule has 0 aliphatic carbocycles. The predicted molar refractivity (Wildman–Crippen MR) is 97.5 cm³/mol. The van der Waals surface area contributed by atoms with E-state index in [1.807, 2.05) is 12.1 Å². The first kappa shape index (κ1) is 17.5. The van der Waals surface area contributed by atoms with Crippen molar-refractivity contribution in [3.63, 3.8) is 0 Å². The summed E-state index contributed by atoms with van der Waals surface area (Å²) in [7, 11) is 0. The standard InChI is InChI=1S/C20H21FN4O2/c1-20(2)10-14(18-23-17(24-27-18)16-4-3-9-22-16)11-25(12-20)19(26)13-5-7-15(21)8-6-13/h3-9,14,22H,10-12H2,1-2H3. The number of nitrogens with zero attached hydrogens (tertiary/aromatic N) is 3. The lowest BCUT2D eigenvalue weighted by molar-refractivity contribution is 0.0509. The van der Waals surface area contributed by atoms with Gasteiger partial charge in [0.25, 0.3) is 5.91 Å². The number of piperidine rings is 1. The summed E-state index contributed by atoms with van der Waals surface area (Å²) in [4.78, 5) is 22.3. The van der Waals surface area contributed by atoms with Gasteiger partial charge >= 0.3 is 0 Å². The lowest BCUT2D eigenvalue weighted by Crippen LogP contribution is -2.46. The third-order valence-electron chi connectivity index (χ3n) is 4.87. The van der Waals surface area contributed by atoms with Crippen LogP contribution in [0.2, 0.25) is 0 Å². The quantitative estimate of drug-likeness (QED) is 0.762. The Morgan fingerprint density at radius 1 is 1.30 bits per heavy atom. The molecule has 1 aliphatic heterocycles. The van der Waals surface area contributed by atoms with E-state index in [4.69, 9.17) is 4.52 Å². The van der Waals surface area contributed by atoms with Crippen molar-refractivity contribution >= 4 is 5.91 Å². The molecule has 0 spiro atoms. The molecule has 1 aromatic carbocycles. The third kappa shape index (κ3) is 3.63. The fourth-order valence-electron chi connectivity index (χ4n) is 3.72. The molecule has 27 heavy (non-hydrogen) atoms. The van der Waals surface area contributed by atoms with E-state index >= 15 is 0 Å². The molecule has 1 amide bonds. The minimum absolute atomic E-state index is 0.0469. The van der Waals surface area contributed by atoms with Crippen LogP contribution >= 0.6 is 0 Å². The number of likely N-dealkylation sites (tertiary alicyclic amines) is 1. The van der Waals surface area contributed by atoms with E-state index in [0.29, 0.717) is 30.4 Å². The molecule has 2 aromatic heterocycles. The van der Waals surface area contributed by atoms with Crippen LogP contribution in [0.3, 0.4) is 0 Å². The van der Waals surface area contributed by atoms with Gasteiger partial charge in [0.1, 0.15) is 5.82 Å². The SMILES string of the molecule is CC1(C)CC(c2nc(-c3ccc[nH]3)no2)CN(C(=O)c2ccc(F)cc2)C1. The average Bonchev–Trinajstić information content (AvgIpc) is 3.32. The second kappa shape index (κ2) is 6.64. The number of nitrogens with one attached hydrogen (secondary N) is 1. The van der Waals surface area contributed by atoms with E-state index in [1.165, 1.54) is 24.3 Å². The molecule has 1 atom stereocenters. The lowest BCUT2D eigenvalue weighted by Gasteiger charge is -2.41. The number of aromatic nitrogens is 3. The zero-order valence-corrected chi connectivity index (χ0v) is 15.3. The summed E-state index contributed by atoms with van der Waals surface area (Å²) >= 11 is 0. The minimum atomic E-state index is -0.355. The van der Waals surface area contributed by atoms with Crippen LogP contribution in [-0.4, -0.2) is 39.0 Å². The zero-order valence-electron chi connectivity index (χ0n) is 15.3. The van der Waals surface area contributed by atoms with Crippen molar-refractivity contribution < 1.29 is 13.7 Å². The van der Waals surface area contributed by atoms with Crippen molar-refractivity contribution in [1.82, 2.24) is 20.0 Å². The third-order valence-corrected chi connectivity index (χ3v) is 4.87.